The first-order valence-corrected chi connectivity index (χ1v) is 7.97. The van der Waals surface area contributed by atoms with Crippen LogP contribution in [0.2, 0.25) is 0 Å². The average Bonchev–Trinajstić information content (AvgIpc) is 3.32. The number of halogens is 1. The Kier molecular flexibility index (Phi) is 6.78. The highest BCUT2D eigenvalue weighted by Gasteiger charge is 2.41. The van der Waals surface area contributed by atoms with Gasteiger partial charge in [-0.3, -0.25) is 9.59 Å². The van der Waals surface area contributed by atoms with E-state index in [1.54, 1.807) is 0 Å². The minimum atomic E-state index is -0.320. The number of aryl methyl sites for hydroxylation is 2. The molecule has 1 aliphatic carbocycles. The second kappa shape index (κ2) is 7.93. The van der Waals surface area contributed by atoms with Crippen LogP contribution in [-0.2, 0) is 4.79 Å². The van der Waals surface area contributed by atoms with E-state index >= 15 is 0 Å². The molecule has 128 valence electrons. The standard InChI is InChI=1S/C18H26N2O2.ClH/c1-12-4-5-13(2)15(10-12)16(21)8-9-17(22)20-18(3,11-19)14-6-7-14;/h4-5,10,14H,6-9,11,19H2,1-3H3,(H,20,22);1H. The van der Waals surface area contributed by atoms with Crippen LogP contribution in [0.5, 0.6) is 0 Å². The molecule has 1 atom stereocenters. The minimum absolute atomic E-state index is 0. The molecule has 0 saturated heterocycles. The molecule has 2 rings (SSSR count). The molecule has 0 bridgehead atoms. The van der Waals surface area contributed by atoms with Crippen LogP contribution < -0.4 is 11.1 Å². The molecule has 0 aliphatic heterocycles. The summed E-state index contributed by atoms with van der Waals surface area (Å²) < 4.78 is 0. The summed E-state index contributed by atoms with van der Waals surface area (Å²) in [5.74, 6) is 0.423. The Balaban J connectivity index is 0.00000264. The number of carbonyl (C=O) groups is 2. The zero-order valence-electron chi connectivity index (χ0n) is 14.1. The first-order chi connectivity index (χ1) is 10.4. The molecular formula is C18H27ClN2O2. The first kappa shape index (κ1) is 19.7. The SMILES string of the molecule is Cc1ccc(C)c(C(=O)CCC(=O)NC(C)(CN)C2CC2)c1.Cl. The minimum Gasteiger partial charge on any atom is -0.349 e. The van der Waals surface area contributed by atoms with Crippen LogP contribution in [0.25, 0.3) is 0 Å². The largest absolute Gasteiger partial charge is 0.349 e. The number of nitrogens with one attached hydrogen (secondary N) is 1. The van der Waals surface area contributed by atoms with Crippen LogP contribution in [-0.4, -0.2) is 23.8 Å². The third-order valence-corrected chi connectivity index (χ3v) is 4.60. The quantitative estimate of drug-likeness (QED) is 0.751. The topological polar surface area (TPSA) is 72.2 Å². The molecule has 1 aromatic carbocycles. The second-order valence-corrected chi connectivity index (χ2v) is 6.69. The second-order valence-electron chi connectivity index (χ2n) is 6.69. The third-order valence-electron chi connectivity index (χ3n) is 4.60. The fourth-order valence-corrected chi connectivity index (χ4v) is 2.82. The zero-order chi connectivity index (χ0) is 16.3. The van der Waals surface area contributed by atoms with Gasteiger partial charge in [0, 0.05) is 24.9 Å². The molecule has 0 aromatic heterocycles. The number of hydrogen-bond donors (Lipinski definition) is 2. The first-order valence-electron chi connectivity index (χ1n) is 7.97. The normalized spacial score (nSPS) is 16.2. The van der Waals surface area contributed by atoms with E-state index in [-0.39, 0.29) is 42.5 Å². The molecule has 4 nitrogen and oxygen atoms in total. The molecule has 3 N–H and O–H groups in total. The molecule has 0 spiro atoms. The van der Waals surface area contributed by atoms with Gasteiger partial charge in [0.25, 0.3) is 0 Å². The molecule has 0 heterocycles. The number of benzene rings is 1. The van der Waals surface area contributed by atoms with Crippen LogP contribution in [0.15, 0.2) is 18.2 Å². The van der Waals surface area contributed by atoms with Gasteiger partial charge in [0.05, 0.1) is 5.54 Å². The van der Waals surface area contributed by atoms with E-state index in [4.69, 9.17) is 5.73 Å². The van der Waals surface area contributed by atoms with Gasteiger partial charge >= 0.3 is 0 Å². The number of rotatable bonds is 7. The number of nitrogens with two attached hydrogens (primary N) is 1. The van der Waals surface area contributed by atoms with E-state index < -0.39 is 0 Å². The summed E-state index contributed by atoms with van der Waals surface area (Å²) >= 11 is 0. The molecule has 1 amide bonds. The summed E-state index contributed by atoms with van der Waals surface area (Å²) in [6.07, 6.45) is 2.70. The molecule has 1 aliphatic rings. The van der Waals surface area contributed by atoms with Crippen molar-refractivity contribution in [3.05, 3.63) is 34.9 Å². The summed E-state index contributed by atoms with van der Waals surface area (Å²) in [5, 5.41) is 3.02. The maximum Gasteiger partial charge on any atom is 0.220 e. The van der Waals surface area contributed by atoms with Gasteiger partial charge in [0.15, 0.2) is 5.78 Å². The van der Waals surface area contributed by atoms with E-state index in [9.17, 15) is 9.59 Å². The fourth-order valence-electron chi connectivity index (χ4n) is 2.82. The maximum atomic E-state index is 12.3. The van der Waals surface area contributed by atoms with Crippen molar-refractivity contribution in [3.63, 3.8) is 0 Å². The van der Waals surface area contributed by atoms with Crippen molar-refractivity contribution in [1.82, 2.24) is 5.32 Å². The lowest BCUT2D eigenvalue weighted by molar-refractivity contribution is -0.123. The van der Waals surface area contributed by atoms with Crippen LogP contribution in [0.4, 0.5) is 0 Å². The van der Waals surface area contributed by atoms with Crippen molar-refractivity contribution < 1.29 is 9.59 Å². The molecule has 1 saturated carbocycles. The highest BCUT2D eigenvalue weighted by Crippen LogP contribution is 2.39. The van der Waals surface area contributed by atoms with E-state index in [2.05, 4.69) is 5.32 Å². The van der Waals surface area contributed by atoms with Crippen molar-refractivity contribution in [2.24, 2.45) is 11.7 Å². The predicted molar refractivity (Wildman–Crippen MR) is 95.1 cm³/mol. The van der Waals surface area contributed by atoms with Crippen molar-refractivity contribution in [1.29, 1.82) is 0 Å². The van der Waals surface area contributed by atoms with Gasteiger partial charge in [-0.05, 0) is 51.2 Å². The van der Waals surface area contributed by atoms with Crippen LogP contribution in [0.1, 0.15) is 54.1 Å². The Bertz CT molecular complexity index is 584. The highest BCUT2D eigenvalue weighted by molar-refractivity contribution is 5.99. The van der Waals surface area contributed by atoms with E-state index in [0.29, 0.717) is 12.5 Å². The van der Waals surface area contributed by atoms with Gasteiger partial charge in [-0.25, -0.2) is 0 Å². The molecular weight excluding hydrogens is 312 g/mol. The summed E-state index contributed by atoms with van der Waals surface area (Å²) in [6.45, 7) is 6.32. The van der Waals surface area contributed by atoms with Gasteiger partial charge < -0.3 is 11.1 Å². The van der Waals surface area contributed by atoms with Gasteiger partial charge in [0.2, 0.25) is 5.91 Å². The Morgan fingerprint density at radius 1 is 1.26 bits per heavy atom. The average molecular weight is 339 g/mol. The van der Waals surface area contributed by atoms with E-state index in [0.717, 1.165) is 29.5 Å². The summed E-state index contributed by atoms with van der Waals surface area (Å²) in [6, 6.07) is 5.83. The molecule has 5 heteroatoms. The monoisotopic (exact) mass is 338 g/mol. The summed E-state index contributed by atoms with van der Waals surface area (Å²) in [4.78, 5) is 24.4. The van der Waals surface area contributed by atoms with Crippen molar-refractivity contribution in [2.45, 2.75) is 52.0 Å². The number of hydrogen-bond acceptors (Lipinski definition) is 3. The lowest BCUT2D eigenvalue weighted by atomic mass is 9.95. The van der Waals surface area contributed by atoms with E-state index in [1.807, 2.05) is 39.0 Å². The smallest absolute Gasteiger partial charge is 0.220 e. The van der Waals surface area contributed by atoms with Crippen molar-refractivity contribution in [2.75, 3.05) is 6.54 Å². The van der Waals surface area contributed by atoms with Crippen LogP contribution >= 0.6 is 12.4 Å². The number of Topliss-reactive ketones (excluding diaryl/α,β-unsaturated/α-hetero) is 1. The predicted octanol–water partition coefficient (Wildman–Crippen LogP) is 2.93. The fraction of sp³-hybridized carbons (Fsp3) is 0.556. The highest BCUT2D eigenvalue weighted by atomic mass is 35.5. The van der Waals surface area contributed by atoms with Crippen molar-refractivity contribution >= 4 is 24.1 Å². The lowest BCUT2D eigenvalue weighted by Crippen LogP contribution is -2.53. The number of ketones is 1. The Morgan fingerprint density at radius 3 is 2.48 bits per heavy atom. The molecule has 0 radical (unpaired) electrons. The number of amides is 1. The summed E-state index contributed by atoms with van der Waals surface area (Å²) in [7, 11) is 0. The molecule has 1 fully saturated rings. The van der Waals surface area contributed by atoms with Gasteiger partial charge in [-0.15, -0.1) is 12.4 Å². The maximum absolute atomic E-state index is 12.3. The Labute approximate surface area is 144 Å². The molecule has 23 heavy (non-hydrogen) atoms. The third kappa shape index (κ3) is 5.05. The van der Waals surface area contributed by atoms with Gasteiger partial charge in [0.1, 0.15) is 0 Å². The molecule has 1 aromatic rings. The Morgan fingerprint density at radius 2 is 1.91 bits per heavy atom. The Hall–Kier alpha value is -1.39. The van der Waals surface area contributed by atoms with Gasteiger partial charge in [-0.2, -0.15) is 0 Å². The summed E-state index contributed by atoms with van der Waals surface area (Å²) in [5.41, 5.74) is 8.21. The van der Waals surface area contributed by atoms with E-state index in [1.165, 1.54) is 0 Å². The van der Waals surface area contributed by atoms with Gasteiger partial charge in [-0.1, -0.05) is 17.7 Å². The lowest BCUT2D eigenvalue weighted by Gasteiger charge is -2.29. The molecule has 1 unspecified atom stereocenters. The van der Waals surface area contributed by atoms with Crippen molar-refractivity contribution in [3.8, 4) is 0 Å². The van der Waals surface area contributed by atoms with Crippen LogP contribution in [0.3, 0.4) is 0 Å². The zero-order valence-corrected chi connectivity index (χ0v) is 15.0. The van der Waals surface area contributed by atoms with Crippen LogP contribution in [0, 0.1) is 19.8 Å². The number of carbonyl (C=O) groups excluding carboxylic acids is 2.